The largest absolute Gasteiger partial charge is 0.508 e. The van der Waals surface area contributed by atoms with E-state index in [2.05, 4.69) is 65.8 Å². The van der Waals surface area contributed by atoms with Crippen molar-refractivity contribution in [3.63, 3.8) is 0 Å². The minimum atomic E-state index is -0.592. The fraction of sp³-hybridized carbons (Fsp3) is 0.552. The number of hydrogen-bond acceptors (Lipinski definition) is 4. The Balaban J connectivity index is 2.00. The molecule has 0 saturated heterocycles. The molecule has 4 heteroatoms. The van der Waals surface area contributed by atoms with Gasteiger partial charge < -0.3 is 14.6 Å². The van der Waals surface area contributed by atoms with Crippen LogP contribution in [0.4, 0.5) is 0 Å². The molecule has 4 nitrogen and oxygen atoms in total. The first kappa shape index (κ1) is 25.1. The Kier molecular flexibility index (Phi) is 7.76. The predicted molar refractivity (Wildman–Crippen MR) is 134 cm³/mol. The van der Waals surface area contributed by atoms with Crippen molar-refractivity contribution in [2.24, 2.45) is 17.8 Å². The van der Waals surface area contributed by atoms with Crippen LogP contribution < -0.4 is 4.74 Å². The van der Waals surface area contributed by atoms with E-state index >= 15 is 0 Å². The van der Waals surface area contributed by atoms with Crippen LogP contribution in [0.1, 0.15) is 77.8 Å². The van der Waals surface area contributed by atoms with E-state index in [0.29, 0.717) is 24.0 Å². The number of carbonyl (C=O) groups excluding carboxylic acids is 1. The summed E-state index contributed by atoms with van der Waals surface area (Å²) in [5, 5.41) is 10.6. The lowest BCUT2D eigenvalue weighted by Crippen LogP contribution is -2.50. The Bertz CT molecular complexity index is 964. The van der Waals surface area contributed by atoms with Crippen LogP contribution in [0.3, 0.4) is 0 Å². The van der Waals surface area contributed by atoms with E-state index < -0.39 is 11.5 Å². The maximum Gasteiger partial charge on any atom is 0.313 e. The molecule has 180 valence electrons. The number of carbonyl (C=O) groups is 1. The third-order valence-electron chi connectivity index (χ3n) is 7.25. The number of benzene rings is 1. The average Bonchev–Trinajstić information content (AvgIpc) is 2.74. The highest BCUT2D eigenvalue weighted by atomic mass is 16.5. The summed E-state index contributed by atoms with van der Waals surface area (Å²) in [6.07, 6.45) is 12.3. The quantitative estimate of drug-likeness (QED) is 0.362. The van der Waals surface area contributed by atoms with Crippen LogP contribution in [0.15, 0.2) is 47.6 Å². The maximum atomic E-state index is 13.1. The van der Waals surface area contributed by atoms with Crippen molar-refractivity contribution in [1.82, 2.24) is 0 Å². The van der Waals surface area contributed by atoms with Gasteiger partial charge in [0.15, 0.2) is 0 Å². The molecule has 0 spiro atoms. The molecule has 1 N–H and O–H groups in total. The van der Waals surface area contributed by atoms with Crippen LogP contribution in [-0.2, 0) is 16.0 Å². The molecule has 0 fully saturated rings. The molecule has 0 radical (unpaired) electrons. The normalized spacial score (nSPS) is 26.3. The van der Waals surface area contributed by atoms with E-state index in [1.54, 1.807) is 12.1 Å². The van der Waals surface area contributed by atoms with Crippen molar-refractivity contribution in [3.8, 4) is 11.5 Å². The molecule has 3 rings (SSSR count). The second-order valence-corrected chi connectivity index (χ2v) is 10.5. The minimum Gasteiger partial charge on any atom is -0.508 e. The Morgan fingerprint density at radius 2 is 2.00 bits per heavy atom. The number of hydrogen-bond donors (Lipinski definition) is 1. The van der Waals surface area contributed by atoms with Gasteiger partial charge >= 0.3 is 5.97 Å². The summed E-state index contributed by atoms with van der Waals surface area (Å²) < 4.78 is 11.9. The lowest BCUT2D eigenvalue weighted by Gasteiger charge is -2.48. The van der Waals surface area contributed by atoms with Gasteiger partial charge in [0.1, 0.15) is 17.1 Å². The van der Waals surface area contributed by atoms with E-state index in [9.17, 15) is 9.90 Å². The molecule has 33 heavy (non-hydrogen) atoms. The number of rotatable bonds is 7. The fourth-order valence-electron chi connectivity index (χ4n) is 5.15. The first-order chi connectivity index (χ1) is 15.6. The van der Waals surface area contributed by atoms with Gasteiger partial charge in [0.2, 0.25) is 0 Å². The first-order valence-corrected chi connectivity index (χ1v) is 12.2. The van der Waals surface area contributed by atoms with Gasteiger partial charge in [-0.2, -0.15) is 0 Å². The van der Waals surface area contributed by atoms with E-state index in [0.717, 1.165) is 30.4 Å². The zero-order valence-corrected chi connectivity index (χ0v) is 21.3. The third-order valence-corrected chi connectivity index (χ3v) is 7.25. The zero-order chi connectivity index (χ0) is 24.3. The molecule has 1 aromatic rings. The van der Waals surface area contributed by atoms with Crippen LogP contribution in [-0.4, -0.2) is 23.8 Å². The summed E-state index contributed by atoms with van der Waals surface area (Å²) >= 11 is 0. The summed E-state index contributed by atoms with van der Waals surface area (Å²) in [5.41, 5.74) is 3.68. The molecule has 2 aliphatic rings. The second-order valence-electron chi connectivity index (χ2n) is 10.5. The van der Waals surface area contributed by atoms with Gasteiger partial charge in [-0.1, -0.05) is 43.2 Å². The van der Waals surface area contributed by atoms with E-state index in [-0.39, 0.29) is 17.6 Å². The summed E-state index contributed by atoms with van der Waals surface area (Å²) in [5.74, 6) is 0.941. The van der Waals surface area contributed by atoms with E-state index in [1.807, 2.05) is 0 Å². The molecule has 1 aliphatic carbocycles. The first-order valence-electron chi connectivity index (χ1n) is 12.2. The highest BCUT2D eigenvalue weighted by molar-refractivity contribution is 5.81. The lowest BCUT2D eigenvalue weighted by atomic mass is 9.64. The van der Waals surface area contributed by atoms with Gasteiger partial charge in [0, 0.05) is 17.0 Å². The van der Waals surface area contributed by atoms with Gasteiger partial charge in [-0.15, -0.1) is 0 Å². The molecule has 0 bridgehead atoms. The number of aromatic hydroxyl groups is 1. The molecule has 0 amide bonds. The van der Waals surface area contributed by atoms with Gasteiger partial charge in [0.05, 0.1) is 13.0 Å². The van der Waals surface area contributed by atoms with Crippen LogP contribution in [0.2, 0.25) is 0 Å². The Hall–Kier alpha value is -2.49. The SMILES string of the molecule is COC(=O)[C@@H]1c2cc(O)cc(CC=C(C)CCC=C(C)C)c2O[C@]2(C)C=CC(C(C)C)C[C@H]12. The zero-order valence-electron chi connectivity index (χ0n) is 21.3. The van der Waals surface area contributed by atoms with Crippen molar-refractivity contribution in [1.29, 1.82) is 0 Å². The Morgan fingerprint density at radius 1 is 1.27 bits per heavy atom. The highest BCUT2D eigenvalue weighted by Crippen LogP contribution is 2.53. The van der Waals surface area contributed by atoms with Gasteiger partial charge in [-0.25, -0.2) is 0 Å². The van der Waals surface area contributed by atoms with Gasteiger partial charge in [-0.3, -0.25) is 4.79 Å². The van der Waals surface area contributed by atoms with E-state index in [1.165, 1.54) is 18.3 Å². The molecule has 1 aliphatic heterocycles. The van der Waals surface area contributed by atoms with Crippen molar-refractivity contribution in [3.05, 3.63) is 58.7 Å². The third kappa shape index (κ3) is 5.54. The molecule has 0 saturated carbocycles. The van der Waals surface area contributed by atoms with Crippen LogP contribution >= 0.6 is 0 Å². The van der Waals surface area contributed by atoms with Crippen molar-refractivity contribution >= 4 is 5.97 Å². The van der Waals surface area contributed by atoms with Gasteiger partial charge in [0.25, 0.3) is 0 Å². The Labute approximate surface area is 199 Å². The minimum absolute atomic E-state index is 0.0501. The Morgan fingerprint density at radius 3 is 2.64 bits per heavy atom. The van der Waals surface area contributed by atoms with Gasteiger partial charge in [-0.05, 0) is 83.4 Å². The standard InChI is InChI=1S/C29H40O4/c1-18(2)9-8-10-20(5)11-12-22-15-23(30)17-24-26(28(31)32-7)25-16-21(19(3)4)13-14-29(25,6)33-27(22)24/h9,11,13-15,17,19,21,25-26,30H,8,10,12,16H2,1-7H3/t21?,25-,26-,29-/m1/s1. The predicted octanol–water partition coefficient (Wildman–Crippen LogP) is 6.88. The maximum absolute atomic E-state index is 13.1. The number of ether oxygens (including phenoxy) is 2. The molecule has 4 atom stereocenters. The summed E-state index contributed by atoms with van der Waals surface area (Å²) in [7, 11) is 1.44. The number of esters is 1. The smallest absolute Gasteiger partial charge is 0.313 e. The molecule has 1 aromatic carbocycles. The summed E-state index contributed by atoms with van der Waals surface area (Å²) in [6, 6.07) is 3.45. The molecule has 1 unspecified atom stereocenters. The number of fused-ring (bicyclic) bond motifs is 2. The topological polar surface area (TPSA) is 55.8 Å². The van der Waals surface area contributed by atoms with Crippen LogP contribution in [0.5, 0.6) is 11.5 Å². The van der Waals surface area contributed by atoms with Crippen LogP contribution in [0, 0.1) is 17.8 Å². The number of phenolic OH excluding ortho intramolecular Hbond substituents is 1. The molecule has 0 aromatic heterocycles. The van der Waals surface area contributed by atoms with Crippen molar-refractivity contribution < 1.29 is 19.4 Å². The number of methoxy groups -OCH3 is 1. The van der Waals surface area contributed by atoms with Crippen molar-refractivity contribution in [2.75, 3.05) is 7.11 Å². The number of phenols is 1. The monoisotopic (exact) mass is 452 g/mol. The van der Waals surface area contributed by atoms with E-state index in [4.69, 9.17) is 9.47 Å². The number of allylic oxidation sites excluding steroid dienone is 5. The molecular formula is C29H40O4. The molecular weight excluding hydrogens is 412 g/mol. The van der Waals surface area contributed by atoms with Crippen LogP contribution in [0.25, 0.3) is 0 Å². The average molecular weight is 453 g/mol. The highest BCUT2D eigenvalue weighted by Gasteiger charge is 2.51. The second kappa shape index (κ2) is 10.2. The summed E-state index contributed by atoms with van der Waals surface area (Å²) in [4.78, 5) is 13.1. The van der Waals surface area contributed by atoms with Crippen molar-refractivity contribution in [2.45, 2.75) is 78.7 Å². The molecule has 1 heterocycles. The summed E-state index contributed by atoms with van der Waals surface area (Å²) in [6.45, 7) is 12.9. The lowest BCUT2D eigenvalue weighted by molar-refractivity contribution is -0.147. The fourth-order valence-corrected chi connectivity index (χ4v) is 5.15.